The van der Waals surface area contributed by atoms with Crippen LogP contribution in [0.2, 0.25) is 0 Å². The van der Waals surface area contributed by atoms with Crippen LogP contribution in [0.4, 0.5) is 0 Å². The van der Waals surface area contributed by atoms with Crippen molar-refractivity contribution in [1.82, 2.24) is 10.2 Å². The number of hydrogen-bond acceptors (Lipinski definition) is 3. The number of nitrogens with zero attached hydrogens (tertiary/aromatic N) is 1. The zero-order valence-electron chi connectivity index (χ0n) is 10.5. The topological polar surface area (TPSA) is 58.4 Å². The number of carbonyl (C=O) groups is 1. The molecule has 1 fully saturated rings. The van der Waals surface area contributed by atoms with Crippen LogP contribution in [0.3, 0.4) is 0 Å². The number of nitrogens with one attached hydrogen (secondary N) is 1. The molecular formula is C12H25N3O. The number of piperidine rings is 1. The Labute approximate surface area is 98.6 Å². The van der Waals surface area contributed by atoms with E-state index >= 15 is 0 Å². The molecule has 2 unspecified atom stereocenters. The highest BCUT2D eigenvalue weighted by Crippen LogP contribution is 2.22. The SMILES string of the molecule is CNC(=O)CCCN1C(C)CCCC1CN. The average Bonchev–Trinajstić information content (AvgIpc) is 2.30. The Kier molecular flexibility index (Phi) is 5.77. The summed E-state index contributed by atoms with van der Waals surface area (Å²) in [7, 11) is 1.69. The van der Waals surface area contributed by atoms with Gasteiger partial charge >= 0.3 is 0 Å². The van der Waals surface area contributed by atoms with Gasteiger partial charge in [0.2, 0.25) is 5.91 Å². The second-order valence-electron chi connectivity index (χ2n) is 4.68. The molecule has 1 heterocycles. The minimum atomic E-state index is 0.133. The lowest BCUT2D eigenvalue weighted by atomic mass is 9.96. The second kappa shape index (κ2) is 6.86. The molecule has 4 nitrogen and oxygen atoms in total. The summed E-state index contributed by atoms with van der Waals surface area (Å²) in [6, 6.07) is 1.14. The van der Waals surface area contributed by atoms with Crippen molar-refractivity contribution >= 4 is 5.91 Å². The highest BCUT2D eigenvalue weighted by Gasteiger charge is 2.26. The van der Waals surface area contributed by atoms with Crippen molar-refractivity contribution < 1.29 is 4.79 Å². The van der Waals surface area contributed by atoms with Gasteiger partial charge in [0.1, 0.15) is 0 Å². The van der Waals surface area contributed by atoms with Gasteiger partial charge in [-0.3, -0.25) is 9.69 Å². The monoisotopic (exact) mass is 227 g/mol. The van der Waals surface area contributed by atoms with Gasteiger partial charge in [-0.2, -0.15) is 0 Å². The molecule has 0 saturated carbocycles. The van der Waals surface area contributed by atoms with Gasteiger partial charge in [0.25, 0.3) is 0 Å². The van der Waals surface area contributed by atoms with Crippen molar-refractivity contribution in [2.45, 2.75) is 51.1 Å². The molecule has 0 aromatic carbocycles. The summed E-state index contributed by atoms with van der Waals surface area (Å²) >= 11 is 0. The van der Waals surface area contributed by atoms with Crippen LogP contribution in [-0.2, 0) is 4.79 Å². The number of amides is 1. The summed E-state index contributed by atoms with van der Waals surface area (Å²) in [5.74, 6) is 0.133. The molecule has 0 bridgehead atoms. The maximum atomic E-state index is 11.1. The van der Waals surface area contributed by atoms with Crippen molar-refractivity contribution in [3.63, 3.8) is 0 Å². The summed E-state index contributed by atoms with van der Waals surface area (Å²) < 4.78 is 0. The van der Waals surface area contributed by atoms with Crippen molar-refractivity contribution in [2.75, 3.05) is 20.1 Å². The molecular weight excluding hydrogens is 202 g/mol. The first-order valence-corrected chi connectivity index (χ1v) is 6.35. The van der Waals surface area contributed by atoms with Gasteiger partial charge in [-0.05, 0) is 32.7 Å². The molecule has 0 aliphatic carbocycles. The fraction of sp³-hybridized carbons (Fsp3) is 0.917. The maximum Gasteiger partial charge on any atom is 0.219 e. The van der Waals surface area contributed by atoms with Crippen LogP contribution in [0, 0.1) is 0 Å². The van der Waals surface area contributed by atoms with Gasteiger partial charge in [-0.1, -0.05) is 6.42 Å². The number of nitrogens with two attached hydrogens (primary N) is 1. The summed E-state index contributed by atoms with van der Waals surface area (Å²) in [6.45, 7) is 4.00. The zero-order valence-corrected chi connectivity index (χ0v) is 10.5. The molecule has 1 aliphatic heterocycles. The van der Waals surface area contributed by atoms with E-state index in [2.05, 4.69) is 17.1 Å². The lowest BCUT2D eigenvalue weighted by molar-refractivity contribution is -0.120. The minimum absolute atomic E-state index is 0.133. The van der Waals surface area contributed by atoms with Gasteiger partial charge < -0.3 is 11.1 Å². The molecule has 1 aliphatic rings. The van der Waals surface area contributed by atoms with Crippen LogP contribution in [0.5, 0.6) is 0 Å². The van der Waals surface area contributed by atoms with Crippen LogP contribution >= 0.6 is 0 Å². The Morgan fingerprint density at radius 1 is 1.50 bits per heavy atom. The van der Waals surface area contributed by atoms with E-state index in [9.17, 15) is 4.79 Å². The molecule has 0 spiro atoms. The lowest BCUT2D eigenvalue weighted by Gasteiger charge is -2.40. The Hall–Kier alpha value is -0.610. The Morgan fingerprint density at radius 2 is 2.25 bits per heavy atom. The minimum Gasteiger partial charge on any atom is -0.359 e. The van der Waals surface area contributed by atoms with E-state index in [1.807, 2.05) is 0 Å². The first-order valence-electron chi connectivity index (χ1n) is 6.35. The van der Waals surface area contributed by atoms with Crippen molar-refractivity contribution in [1.29, 1.82) is 0 Å². The summed E-state index contributed by atoms with van der Waals surface area (Å²) in [6.07, 6.45) is 5.31. The number of hydrogen-bond donors (Lipinski definition) is 2. The molecule has 0 aromatic heterocycles. The van der Waals surface area contributed by atoms with Crippen LogP contribution in [0.25, 0.3) is 0 Å². The first kappa shape index (κ1) is 13.5. The Morgan fingerprint density at radius 3 is 2.88 bits per heavy atom. The zero-order chi connectivity index (χ0) is 12.0. The van der Waals surface area contributed by atoms with E-state index in [0.717, 1.165) is 19.5 Å². The predicted molar refractivity (Wildman–Crippen MR) is 66.2 cm³/mol. The van der Waals surface area contributed by atoms with E-state index in [-0.39, 0.29) is 5.91 Å². The van der Waals surface area contributed by atoms with E-state index in [1.54, 1.807) is 7.05 Å². The Balaban J connectivity index is 2.33. The van der Waals surface area contributed by atoms with Crippen molar-refractivity contribution in [3.8, 4) is 0 Å². The molecule has 0 radical (unpaired) electrons. The maximum absolute atomic E-state index is 11.1. The second-order valence-corrected chi connectivity index (χ2v) is 4.68. The largest absolute Gasteiger partial charge is 0.359 e. The van der Waals surface area contributed by atoms with Crippen LogP contribution in [0.1, 0.15) is 39.0 Å². The average molecular weight is 227 g/mol. The molecule has 4 heteroatoms. The fourth-order valence-electron chi connectivity index (χ4n) is 2.54. The standard InChI is InChI=1S/C12H25N3O/c1-10-5-3-6-11(9-13)15(10)8-4-7-12(16)14-2/h10-11H,3-9,13H2,1-2H3,(H,14,16). The van der Waals surface area contributed by atoms with Crippen LogP contribution < -0.4 is 11.1 Å². The molecule has 1 amide bonds. The van der Waals surface area contributed by atoms with Gasteiger partial charge in [0.15, 0.2) is 0 Å². The summed E-state index contributed by atoms with van der Waals surface area (Å²) in [5.41, 5.74) is 5.79. The van der Waals surface area contributed by atoms with E-state index < -0.39 is 0 Å². The highest BCUT2D eigenvalue weighted by molar-refractivity contribution is 5.75. The third-order valence-electron chi connectivity index (χ3n) is 3.57. The van der Waals surface area contributed by atoms with Crippen molar-refractivity contribution in [3.05, 3.63) is 0 Å². The fourth-order valence-corrected chi connectivity index (χ4v) is 2.54. The van der Waals surface area contributed by atoms with Gasteiger partial charge in [0.05, 0.1) is 0 Å². The summed E-state index contributed by atoms with van der Waals surface area (Å²) in [5, 5.41) is 2.66. The first-order chi connectivity index (χ1) is 7.69. The quantitative estimate of drug-likeness (QED) is 0.727. The normalized spacial score (nSPS) is 26.7. The molecule has 3 N–H and O–H groups in total. The molecule has 0 aromatic rings. The third-order valence-corrected chi connectivity index (χ3v) is 3.57. The molecule has 1 rings (SSSR count). The van der Waals surface area contributed by atoms with Crippen LogP contribution in [0.15, 0.2) is 0 Å². The van der Waals surface area contributed by atoms with E-state index in [4.69, 9.17) is 5.73 Å². The predicted octanol–water partition coefficient (Wildman–Crippen LogP) is 0.714. The Bertz CT molecular complexity index is 220. The number of rotatable bonds is 5. The highest BCUT2D eigenvalue weighted by atomic mass is 16.1. The third kappa shape index (κ3) is 3.76. The molecule has 94 valence electrons. The van der Waals surface area contributed by atoms with E-state index in [0.29, 0.717) is 18.5 Å². The van der Waals surface area contributed by atoms with Crippen molar-refractivity contribution in [2.24, 2.45) is 5.73 Å². The lowest BCUT2D eigenvalue weighted by Crippen LogP contribution is -2.49. The number of carbonyl (C=O) groups excluding carboxylic acids is 1. The van der Waals surface area contributed by atoms with Crippen LogP contribution in [-0.4, -0.2) is 43.0 Å². The van der Waals surface area contributed by atoms with E-state index in [1.165, 1.54) is 19.3 Å². The van der Waals surface area contributed by atoms with Gasteiger partial charge in [0, 0.05) is 32.1 Å². The molecule has 16 heavy (non-hydrogen) atoms. The number of likely N-dealkylation sites (tertiary alicyclic amines) is 1. The van der Waals surface area contributed by atoms with Gasteiger partial charge in [-0.15, -0.1) is 0 Å². The molecule has 1 saturated heterocycles. The van der Waals surface area contributed by atoms with Gasteiger partial charge in [-0.25, -0.2) is 0 Å². The summed E-state index contributed by atoms with van der Waals surface area (Å²) in [4.78, 5) is 13.6. The molecule has 2 atom stereocenters. The smallest absolute Gasteiger partial charge is 0.219 e.